The summed E-state index contributed by atoms with van der Waals surface area (Å²) in [6.45, 7) is 3.82. The van der Waals surface area contributed by atoms with Crippen LogP contribution in [-0.4, -0.2) is 39.1 Å². The van der Waals surface area contributed by atoms with Crippen LogP contribution in [0.15, 0.2) is 240 Å². The zero-order valence-corrected chi connectivity index (χ0v) is 38.5. The first kappa shape index (κ1) is 47.5. The maximum atomic E-state index is 13.4. The second-order valence-corrected chi connectivity index (χ2v) is 19.8. The van der Waals surface area contributed by atoms with Crippen LogP contribution in [0.5, 0.6) is 0 Å². The quantitative estimate of drug-likeness (QED) is 0.0764. The fraction of sp³-hybridized carbons (Fsp3) is 0.143. The molecule has 4 N–H and O–H groups in total. The largest absolute Gasteiger partial charge is 0.379 e. The van der Waals surface area contributed by atoms with Gasteiger partial charge in [0.2, 0.25) is 20.0 Å². The van der Waals surface area contributed by atoms with Crippen molar-refractivity contribution >= 4 is 20.0 Å². The molecule has 0 saturated heterocycles. The van der Waals surface area contributed by atoms with Gasteiger partial charge in [-0.15, -0.1) is 0 Å². The second-order valence-electron chi connectivity index (χ2n) is 16.4. The van der Waals surface area contributed by atoms with Crippen molar-refractivity contribution in [3.05, 3.63) is 275 Å². The molecule has 0 spiro atoms. The summed E-state index contributed by atoms with van der Waals surface area (Å²) in [5, 5.41) is 24.6. The van der Waals surface area contributed by atoms with Gasteiger partial charge < -0.3 is 10.2 Å². The summed E-state index contributed by atoms with van der Waals surface area (Å²) in [6.07, 6.45) is 0.596. The molecule has 0 aliphatic rings. The smallest absolute Gasteiger partial charge is 0.240 e. The lowest BCUT2D eigenvalue weighted by Crippen LogP contribution is -2.52. The van der Waals surface area contributed by atoms with Gasteiger partial charge >= 0.3 is 0 Å². The van der Waals surface area contributed by atoms with Crippen molar-refractivity contribution in [3.63, 3.8) is 0 Å². The van der Waals surface area contributed by atoms with Crippen LogP contribution in [0.25, 0.3) is 0 Å². The average molecular weight is 915 g/mol. The van der Waals surface area contributed by atoms with E-state index in [4.69, 9.17) is 0 Å². The monoisotopic (exact) mass is 914 g/mol. The molecule has 0 heterocycles. The minimum Gasteiger partial charge on any atom is -0.379 e. The SMILES string of the molecule is Cc1ccc(S(=O)(=O)N[C@@H](Cc2ccccc2)C(O)(c2ccccc2)c2ccccc2)cc1.Cc1ccc(S(=O)(=O)N[C@@H](Cc2ccccc2)C(O)(c2ccccc2)c2ccccc2)cc1. The van der Waals surface area contributed by atoms with Crippen LogP contribution in [-0.2, 0) is 44.1 Å². The number of nitrogens with one attached hydrogen (secondary N) is 2. The van der Waals surface area contributed by atoms with Crippen molar-refractivity contribution in [2.45, 2.75) is 59.8 Å². The molecule has 8 rings (SSSR count). The van der Waals surface area contributed by atoms with E-state index >= 15 is 0 Å². The second kappa shape index (κ2) is 21.2. The molecule has 8 nitrogen and oxygen atoms in total. The molecule has 8 aromatic carbocycles. The summed E-state index contributed by atoms with van der Waals surface area (Å²) < 4.78 is 59.4. The predicted molar refractivity (Wildman–Crippen MR) is 263 cm³/mol. The summed E-state index contributed by atoms with van der Waals surface area (Å²) >= 11 is 0. The van der Waals surface area contributed by atoms with Gasteiger partial charge in [0, 0.05) is 0 Å². The Kier molecular flexibility index (Phi) is 15.3. The van der Waals surface area contributed by atoms with Gasteiger partial charge in [-0.05, 0) is 84.3 Å². The Labute approximate surface area is 389 Å². The summed E-state index contributed by atoms with van der Waals surface area (Å²) in [7, 11) is -7.81. The summed E-state index contributed by atoms with van der Waals surface area (Å²) in [5.74, 6) is 0. The molecule has 0 aliphatic carbocycles. The summed E-state index contributed by atoms with van der Waals surface area (Å²) in [5.41, 5.74) is 3.03. The van der Waals surface area contributed by atoms with Gasteiger partial charge in [-0.2, -0.15) is 0 Å². The molecule has 10 heteroatoms. The number of rotatable bonds is 16. The van der Waals surface area contributed by atoms with Crippen molar-refractivity contribution < 1.29 is 27.0 Å². The molecular weight excluding hydrogens is 861 g/mol. The third-order valence-electron chi connectivity index (χ3n) is 11.7. The van der Waals surface area contributed by atoms with Crippen LogP contribution in [0.4, 0.5) is 0 Å². The minimum atomic E-state index is -3.91. The third kappa shape index (κ3) is 11.3. The van der Waals surface area contributed by atoms with Gasteiger partial charge in [0.25, 0.3) is 0 Å². The third-order valence-corrected chi connectivity index (χ3v) is 14.7. The first-order valence-electron chi connectivity index (χ1n) is 21.7. The Hall–Kier alpha value is -6.50. The Morgan fingerprint density at radius 2 is 0.591 bits per heavy atom. The van der Waals surface area contributed by atoms with E-state index in [0.29, 0.717) is 35.1 Å². The van der Waals surface area contributed by atoms with Crippen LogP contribution in [0.2, 0.25) is 0 Å². The number of hydrogen-bond acceptors (Lipinski definition) is 6. The number of aliphatic hydroxyl groups is 2. The molecule has 0 bridgehead atoms. The van der Waals surface area contributed by atoms with E-state index < -0.39 is 43.3 Å². The number of hydrogen-bond donors (Lipinski definition) is 4. The van der Waals surface area contributed by atoms with Crippen molar-refractivity contribution in [2.75, 3.05) is 0 Å². The normalized spacial score (nSPS) is 12.9. The van der Waals surface area contributed by atoms with Crippen molar-refractivity contribution in [3.8, 4) is 0 Å². The Morgan fingerprint density at radius 1 is 0.364 bits per heavy atom. The van der Waals surface area contributed by atoms with Gasteiger partial charge in [0.05, 0.1) is 21.9 Å². The van der Waals surface area contributed by atoms with Crippen molar-refractivity contribution in [1.82, 2.24) is 9.44 Å². The minimum absolute atomic E-state index is 0.162. The molecule has 0 radical (unpaired) electrons. The lowest BCUT2D eigenvalue weighted by atomic mass is 9.78. The van der Waals surface area contributed by atoms with Gasteiger partial charge in [-0.3, -0.25) is 0 Å². The van der Waals surface area contributed by atoms with E-state index in [9.17, 15) is 27.0 Å². The molecule has 0 unspecified atom stereocenters. The first-order valence-corrected chi connectivity index (χ1v) is 24.7. The van der Waals surface area contributed by atoms with E-state index in [-0.39, 0.29) is 9.79 Å². The van der Waals surface area contributed by atoms with Gasteiger partial charge in [0.1, 0.15) is 11.2 Å². The Balaban J connectivity index is 0.000000196. The highest BCUT2D eigenvalue weighted by atomic mass is 32.2. The van der Waals surface area contributed by atoms with E-state index in [1.165, 1.54) is 0 Å². The molecule has 0 aliphatic heterocycles. The molecule has 0 fully saturated rings. The highest BCUT2D eigenvalue weighted by molar-refractivity contribution is 7.89. The van der Waals surface area contributed by atoms with Crippen LogP contribution in [0.1, 0.15) is 44.5 Å². The van der Waals surface area contributed by atoms with Crippen LogP contribution >= 0.6 is 0 Å². The lowest BCUT2D eigenvalue weighted by Gasteiger charge is -2.38. The van der Waals surface area contributed by atoms with E-state index in [1.54, 1.807) is 48.5 Å². The van der Waals surface area contributed by atoms with E-state index in [1.807, 2.05) is 196 Å². The van der Waals surface area contributed by atoms with E-state index in [0.717, 1.165) is 22.3 Å². The number of benzene rings is 8. The molecule has 336 valence electrons. The standard InChI is InChI=1S/2C28H27NO3S/c2*1-22-17-19-26(20-18-22)33(31,32)29-27(21-23-11-5-2-6-12-23)28(30,24-13-7-3-8-14-24)25-15-9-4-10-16-25/h2*2-20,27,29-30H,21H2,1H3/t2*27-/m00/s1. The number of sulfonamides is 2. The average Bonchev–Trinajstić information content (AvgIpc) is 3.35. The Bertz CT molecular complexity index is 2680. The maximum Gasteiger partial charge on any atom is 0.240 e. The highest BCUT2D eigenvalue weighted by Gasteiger charge is 2.44. The molecule has 0 aromatic heterocycles. The maximum absolute atomic E-state index is 13.4. The highest BCUT2D eigenvalue weighted by Crippen LogP contribution is 2.37. The fourth-order valence-electron chi connectivity index (χ4n) is 8.10. The fourth-order valence-corrected chi connectivity index (χ4v) is 10.6. The van der Waals surface area contributed by atoms with Crippen molar-refractivity contribution in [1.29, 1.82) is 0 Å². The summed E-state index contributed by atoms with van der Waals surface area (Å²) in [4.78, 5) is 0.323. The van der Waals surface area contributed by atoms with Gasteiger partial charge in [-0.1, -0.05) is 217 Å². The van der Waals surface area contributed by atoms with Crippen molar-refractivity contribution in [2.24, 2.45) is 0 Å². The van der Waals surface area contributed by atoms with Gasteiger partial charge in [-0.25, -0.2) is 26.3 Å². The zero-order valence-electron chi connectivity index (χ0n) is 36.9. The van der Waals surface area contributed by atoms with Crippen LogP contribution in [0, 0.1) is 13.8 Å². The predicted octanol–water partition coefficient (Wildman–Crippen LogP) is 9.64. The molecule has 0 saturated carbocycles. The molecule has 0 amide bonds. The molecule has 66 heavy (non-hydrogen) atoms. The number of aryl methyl sites for hydroxylation is 2. The molecule has 8 aromatic rings. The van der Waals surface area contributed by atoms with Crippen LogP contribution in [0.3, 0.4) is 0 Å². The Morgan fingerprint density at radius 3 is 0.833 bits per heavy atom. The zero-order chi connectivity index (χ0) is 46.6. The molecular formula is C56H54N2O6S2. The van der Waals surface area contributed by atoms with Gasteiger partial charge in [0.15, 0.2) is 0 Å². The van der Waals surface area contributed by atoms with E-state index in [2.05, 4.69) is 9.44 Å². The summed E-state index contributed by atoms with van der Waals surface area (Å²) in [6, 6.07) is 67.7. The molecule has 2 atom stereocenters. The lowest BCUT2D eigenvalue weighted by molar-refractivity contribution is 0.0453. The topological polar surface area (TPSA) is 133 Å². The first-order chi connectivity index (χ1) is 31.8. The van der Waals surface area contributed by atoms with Crippen LogP contribution < -0.4 is 9.44 Å².